The minimum atomic E-state index is -0.825. The summed E-state index contributed by atoms with van der Waals surface area (Å²) in [6.07, 6.45) is 0. The summed E-state index contributed by atoms with van der Waals surface area (Å²) in [6, 6.07) is 2.63. The molecule has 9 heteroatoms. The molecule has 3 N–H and O–H groups in total. The van der Waals surface area contributed by atoms with Crippen molar-refractivity contribution in [2.45, 2.75) is 6.92 Å². The summed E-state index contributed by atoms with van der Waals surface area (Å²) >= 11 is 0. The molecule has 2 aromatic rings. The number of anilines is 3. The highest BCUT2D eigenvalue weighted by Crippen LogP contribution is 2.29. The number of rotatable bonds is 3. The van der Waals surface area contributed by atoms with Crippen molar-refractivity contribution < 1.29 is 13.7 Å². The number of hydrogen-bond acceptors (Lipinski definition) is 6. The van der Waals surface area contributed by atoms with E-state index in [-0.39, 0.29) is 23.1 Å². The monoisotopic (exact) mass is 281 g/mol. The lowest BCUT2D eigenvalue weighted by molar-refractivity contribution is -0.385. The molecule has 1 aromatic carbocycles. The Morgan fingerprint density at radius 3 is 2.40 bits per heavy atom. The van der Waals surface area contributed by atoms with Gasteiger partial charge in [0.15, 0.2) is 0 Å². The van der Waals surface area contributed by atoms with Gasteiger partial charge in [-0.2, -0.15) is 4.98 Å². The van der Waals surface area contributed by atoms with E-state index in [1.807, 2.05) is 0 Å². The number of nitrogens with zero attached hydrogens (tertiary/aromatic N) is 3. The van der Waals surface area contributed by atoms with E-state index in [9.17, 15) is 18.9 Å². The van der Waals surface area contributed by atoms with E-state index in [0.29, 0.717) is 6.07 Å². The molecule has 0 radical (unpaired) electrons. The number of nitro groups is 1. The van der Waals surface area contributed by atoms with Crippen molar-refractivity contribution in [1.82, 2.24) is 9.97 Å². The highest BCUT2D eigenvalue weighted by molar-refractivity contribution is 5.67. The predicted octanol–water partition coefficient (Wildman–Crippen LogP) is 2.30. The van der Waals surface area contributed by atoms with Crippen molar-refractivity contribution in [1.29, 1.82) is 0 Å². The molecule has 20 heavy (non-hydrogen) atoms. The van der Waals surface area contributed by atoms with Crippen LogP contribution >= 0.6 is 0 Å². The second-order valence-electron chi connectivity index (χ2n) is 3.90. The van der Waals surface area contributed by atoms with Gasteiger partial charge in [0.1, 0.15) is 17.3 Å². The molecule has 0 aliphatic rings. The van der Waals surface area contributed by atoms with Crippen LogP contribution in [-0.2, 0) is 0 Å². The number of benzene rings is 1. The molecule has 1 aromatic heterocycles. The van der Waals surface area contributed by atoms with Crippen LogP contribution in [0.2, 0.25) is 0 Å². The summed E-state index contributed by atoms with van der Waals surface area (Å²) in [5, 5.41) is 13.4. The van der Waals surface area contributed by atoms with Gasteiger partial charge in [-0.15, -0.1) is 0 Å². The normalized spacial score (nSPS) is 10.3. The smallest absolute Gasteiger partial charge is 0.332 e. The third-order valence-corrected chi connectivity index (χ3v) is 2.38. The summed E-state index contributed by atoms with van der Waals surface area (Å²) < 4.78 is 26.2. The summed E-state index contributed by atoms with van der Waals surface area (Å²) in [4.78, 5) is 17.6. The van der Waals surface area contributed by atoms with E-state index < -0.39 is 22.2 Å². The van der Waals surface area contributed by atoms with Crippen LogP contribution in [0.1, 0.15) is 5.69 Å². The predicted molar refractivity (Wildman–Crippen MR) is 67.5 cm³/mol. The molecule has 0 atom stereocenters. The van der Waals surface area contributed by atoms with Crippen molar-refractivity contribution in [3.8, 4) is 0 Å². The molecule has 2 rings (SSSR count). The third-order valence-electron chi connectivity index (χ3n) is 2.38. The second-order valence-corrected chi connectivity index (χ2v) is 3.90. The average molecular weight is 281 g/mol. The number of nitrogen functional groups attached to an aromatic ring is 1. The van der Waals surface area contributed by atoms with Gasteiger partial charge in [0, 0.05) is 11.8 Å². The Hall–Kier alpha value is -2.84. The highest BCUT2D eigenvalue weighted by atomic mass is 19.1. The molecule has 0 aliphatic heterocycles. The van der Waals surface area contributed by atoms with Gasteiger partial charge >= 0.3 is 5.69 Å². The average Bonchev–Trinajstić information content (AvgIpc) is 2.25. The van der Waals surface area contributed by atoms with Gasteiger partial charge in [0.25, 0.3) is 0 Å². The number of nitrogens with two attached hydrogens (primary N) is 1. The maximum atomic E-state index is 13.1. The van der Waals surface area contributed by atoms with Crippen LogP contribution in [0.3, 0.4) is 0 Å². The zero-order valence-corrected chi connectivity index (χ0v) is 10.2. The van der Waals surface area contributed by atoms with E-state index in [1.165, 1.54) is 6.92 Å². The van der Waals surface area contributed by atoms with E-state index >= 15 is 0 Å². The molecule has 0 saturated carbocycles. The van der Waals surface area contributed by atoms with Gasteiger partial charge < -0.3 is 11.1 Å². The molecular formula is C11H9F2N5O2. The van der Waals surface area contributed by atoms with Crippen LogP contribution in [0.4, 0.5) is 31.9 Å². The maximum Gasteiger partial charge on any atom is 0.332 e. The van der Waals surface area contributed by atoms with Crippen molar-refractivity contribution in [2.75, 3.05) is 11.1 Å². The molecule has 0 saturated heterocycles. The largest absolute Gasteiger partial charge is 0.368 e. The Morgan fingerprint density at radius 1 is 1.25 bits per heavy atom. The topological polar surface area (TPSA) is 107 Å². The van der Waals surface area contributed by atoms with Gasteiger partial charge in [0.05, 0.1) is 4.92 Å². The standard InChI is InChI=1S/C11H9F2N5O2/c1-5-9(18(19)20)10(17-11(14)15-5)16-8-3-6(12)2-7(13)4-8/h2-4H,1H3,(H3,14,15,16,17). The summed E-state index contributed by atoms with van der Waals surface area (Å²) in [5.74, 6) is -2.07. The SMILES string of the molecule is Cc1nc(N)nc(Nc2cc(F)cc(F)c2)c1[N+](=O)[O-]. The minimum Gasteiger partial charge on any atom is -0.368 e. The lowest BCUT2D eigenvalue weighted by Crippen LogP contribution is -2.07. The fourth-order valence-electron chi connectivity index (χ4n) is 1.66. The first kappa shape index (κ1) is 13.6. The summed E-state index contributed by atoms with van der Waals surface area (Å²) in [5.41, 5.74) is 5.01. The maximum absolute atomic E-state index is 13.1. The van der Waals surface area contributed by atoms with E-state index in [0.717, 1.165) is 12.1 Å². The third kappa shape index (κ3) is 2.76. The molecule has 1 heterocycles. The minimum absolute atomic E-state index is 0.0249. The molecule has 0 bridgehead atoms. The Kier molecular flexibility index (Phi) is 3.42. The quantitative estimate of drug-likeness (QED) is 0.660. The van der Waals surface area contributed by atoms with E-state index in [4.69, 9.17) is 5.73 Å². The summed E-state index contributed by atoms with van der Waals surface area (Å²) in [7, 11) is 0. The van der Waals surface area contributed by atoms with E-state index in [1.54, 1.807) is 0 Å². The number of aryl methyl sites for hydroxylation is 1. The van der Waals surface area contributed by atoms with Gasteiger partial charge in [-0.1, -0.05) is 0 Å². The Labute approximate surface area is 111 Å². The zero-order valence-electron chi connectivity index (χ0n) is 10.2. The van der Waals surface area contributed by atoms with Crippen molar-refractivity contribution in [2.24, 2.45) is 0 Å². The van der Waals surface area contributed by atoms with Gasteiger partial charge in [-0.3, -0.25) is 10.1 Å². The Bertz CT molecular complexity index is 673. The van der Waals surface area contributed by atoms with Crippen LogP contribution in [-0.4, -0.2) is 14.9 Å². The Morgan fingerprint density at radius 2 is 1.85 bits per heavy atom. The molecule has 0 fully saturated rings. The molecule has 0 amide bonds. The number of halogens is 2. The first-order valence-corrected chi connectivity index (χ1v) is 5.38. The lowest BCUT2D eigenvalue weighted by atomic mass is 10.3. The number of aromatic nitrogens is 2. The first-order chi connectivity index (χ1) is 9.36. The number of nitrogens with one attached hydrogen (secondary N) is 1. The highest BCUT2D eigenvalue weighted by Gasteiger charge is 2.21. The molecule has 7 nitrogen and oxygen atoms in total. The van der Waals surface area contributed by atoms with Gasteiger partial charge in [0.2, 0.25) is 11.8 Å². The van der Waals surface area contributed by atoms with Crippen molar-refractivity contribution >= 4 is 23.1 Å². The molecule has 104 valence electrons. The van der Waals surface area contributed by atoms with Crippen molar-refractivity contribution in [3.63, 3.8) is 0 Å². The molecule has 0 aliphatic carbocycles. The Balaban J connectivity index is 2.49. The molecule has 0 spiro atoms. The van der Waals surface area contributed by atoms with Crippen LogP contribution in [0.25, 0.3) is 0 Å². The second kappa shape index (κ2) is 5.03. The van der Waals surface area contributed by atoms with Gasteiger partial charge in [-0.25, -0.2) is 13.8 Å². The van der Waals surface area contributed by atoms with Crippen LogP contribution in [0, 0.1) is 28.7 Å². The lowest BCUT2D eigenvalue weighted by Gasteiger charge is -2.08. The fraction of sp³-hybridized carbons (Fsp3) is 0.0909. The zero-order chi connectivity index (χ0) is 14.9. The summed E-state index contributed by atoms with van der Waals surface area (Å²) in [6.45, 7) is 1.38. The molecule has 0 unspecified atom stereocenters. The van der Waals surface area contributed by atoms with Crippen LogP contribution < -0.4 is 11.1 Å². The van der Waals surface area contributed by atoms with Crippen molar-refractivity contribution in [3.05, 3.63) is 45.6 Å². The van der Waals surface area contributed by atoms with E-state index in [2.05, 4.69) is 15.3 Å². The fourth-order valence-corrected chi connectivity index (χ4v) is 1.66. The molecular weight excluding hydrogens is 272 g/mol. The number of hydrogen-bond donors (Lipinski definition) is 2. The van der Waals surface area contributed by atoms with Gasteiger partial charge in [-0.05, 0) is 19.1 Å². The van der Waals surface area contributed by atoms with Crippen LogP contribution in [0.15, 0.2) is 18.2 Å². The van der Waals surface area contributed by atoms with Crippen LogP contribution in [0.5, 0.6) is 0 Å². The first-order valence-electron chi connectivity index (χ1n) is 5.38.